The third-order valence-electron chi connectivity index (χ3n) is 16.5. The van der Waals surface area contributed by atoms with E-state index >= 15 is 0 Å². The summed E-state index contributed by atoms with van der Waals surface area (Å²) in [4.78, 5) is 168. The highest BCUT2D eigenvalue weighted by Crippen LogP contribution is 2.20. The Kier molecular flexibility index (Phi) is 40.9. The summed E-state index contributed by atoms with van der Waals surface area (Å²) in [7, 11) is 0. The SMILES string of the molecule is CCCCCCCCCCC[C@@H](CC(=O)OCC(=O)c1ccccc1)OC(=O)[C@H](CC(C)C)NC(=O)[C@@H](CC(C)C)NC(=O)[C@H](CC(=O)OCc1ccccc1)NC(=O)[C@@H](NC(=O)[C@@H](CC(C)C)NC(=O)[C@H](CC(C)C)NC(=O)[C@H](CCC(=O)OCc1ccccc1)NC(=O)OC(C)(C)C)C(C)C. The maximum atomic E-state index is 14.8. The van der Waals surface area contributed by atoms with Crippen LogP contribution in [0.15, 0.2) is 91.0 Å². The average Bonchev–Trinajstić information content (AvgIpc) is 0.849. The fourth-order valence-electron chi connectivity index (χ4n) is 11.1. The number of benzene rings is 3. The Hall–Kier alpha value is -8.70. The topological polar surface area (TPSA) is 335 Å². The molecule has 0 radical (unpaired) electrons. The second kappa shape index (κ2) is 47.5. The van der Waals surface area contributed by atoms with E-state index in [1.54, 1.807) is 133 Å². The van der Waals surface area contributed by atoms with Gasteiger partial charge in [-0.3, -0.25) is 47.9 Å². The number of ether oxygens (including phenoxy) is 5. The van der Waals surface area contributed by atoms with Crippen LogP contribution in [0.25, 0.3) is 0 Å². The van der Waals surface area contributed by atoms with Gasteiger partial charge in [0.2, 0.25) is 35.4 Å². The van der Waals surface area contributed by atoms with Gasteiger partial charge < -0.3 is 60.9 Å². The minimum Gasteiger partial charge on any atom is -0.461 e. The van der Waals surface area contributed by atoms with Gasteiger partial charge in [0.05, 0.1) is 12.8 Å². The quantitative estimate of drug-likeness (QED) is 0.0120. The molecule has 8 atom stereocenters. The maximum Gasteiger partial charge on any atom is 0.408 e. The lowest BCUT2D eigenvalue weighted by Crippen LogP contribution is -2.61. The number of carbonyl (C=O) groups is 12. The Morgan fingerprint density at radius 3 is 1.26 bits per heavy atom. The van der Waals surface area contributed by atoms with Gasteiger partial charge in [-0.1, -0.05) is 219 Å². The van der Waals surface area contributed by atoms with Gasteiger partial charge in [0, 0.05) is 12.0 Å². The first-order valence-corrected chi connectivity index (χ1v) is 36.9. The summed E-state index contributed by atoms with van der Waals surface area (Å²) in [6.45, 7) is 24.2. The summed E-state index contributed by atoms with van der Waals surface area (Å²) in [6.07, 6.45) is 6.14. The smallest absolute Gasteiger partial charge is 0.408 e. The minimum absolute atomic E-state index is 0.0137. The molecule has 0 bridgehead atoms. The standard InChI is InChI=1S/C79H119N7O17/c1-15-16-17-18-19-20-21-22-32-39-59(46-68(89)101-50-66(87)58-37-30-25-31-38-58)102-77(97)65(45-54(8)9)84-73(93)62(43-52(4)5)81-74(94)64(47-69(90)100-49-57-35-28-24-29-36-57)83-76(96)70(55(10)11)86-75(95)63(44-53(6)7)82-72(92)61(42-51(2)3)80-71(91)60(85-78(98)103-79(12,13)14)40-41-67(88)99-48-56-33-26-23-27-34-56/h23-31,33-38,51-55,59-65,70H,15-22,32,39-50H2,1-14H3,(H,80,91)(H,81,94)(H,82,92)(H,83,96)(H,84,93)(H,85,98)(H,86,95)/t59-,60-,61-,62+,63+,64-,65-,70-/m0/s1. The zero-order chi connectivity index (χ0) is 76.6. The molecule has 7 N–H and O–H groups in total. The van der Waals surface area contributed by atoms with E-state index in [1.807, 2.05) is 47.6 Å². The molecule has 0 aliphatic carbocycles. The zero-order valence-electron chi connectivity index (χ0n) is 63.5. The largest absolute Gasteiger partial charge is 0.461 e. The zero-order valence-corrected chi connectivity index (χ0v) is 63.5. The van der Waals surface area contributed by atoms with Crippen molar-refractivity contribution in [3.05, 3.63) is 108 Å². The molecule has 103 heavy (non-hydrogen) atoms. The molecule has 3 rings (SSSR count). The first-order valence-electron chi connectivity index (χ1n) is 36.9. The Bertz CT molecular complexity index is 3120. The third kappa shape index (κ3) is 37.9. The fraction of sp³-hybridized carbons (Fsp3) is 0.620. The van der Waals surface area contributed by atoms with E-state index in [2.05, 4.69) is 44.1 Å². The highest BCUT2D eigenvalue weighted by atomic mass is 16.6. The van der Waals surface area contributed by atoms with Crippen LogP contribution in [0.5, 0.6) is 0 Å². The lowest BCUT2D eigenvalue weighted by Gasteiger charge is -2.30. The lowest BCUT2D eigenvalue weighted by atomic mass is 9.98. The van der Waals surface area contributed by atoms with Crippen LogP contribution in [0.1, 0.15) is 234 Å². The van der Waals surface area contributed by atoms with Gasteiger partial charge in [-0.15, -0.1) is 0 Å². The molecule has 0 saturated carbocycles. The van der Waals surface area contributed by atoms with E-state index in [0.29, 0.717) is 24.0 Å². The number of Topliss-reactive ketones (excluding diaryl/α,β-unsaturated/α-hetero) is 1. The molecule has 0 spiro atoms. The predicted octanol–water partition coefficient (Wildman–Crippen LogP) is 10.9. The van der Waals surface area contributed by atoms with Crippen LogP contribution in [-0.2, 0) is 84.8 Å². The summed E-state index contributed by atoms with van der Waals surface area (Å²) in [5.41, 5.74) is 0.778. The first kappa shape index (κ1) is 88.5. The van der Waals surface area contributed by atoms with Crippen LogP contribution in [0.3, 0.4) is 0 Å². The van der Waals surface area contributed by atoms with E-state index in [9.17, 15) is 57.5 Å². The number of amides is 7. The van der Waals surface area contributed by atoms with Crippen molar-refractivity contribution in [1.29, 1.82) is 0 Å². The molecule has 0 saturated heterocycles. The summed E-state index contributed by atoms with van der Waals surface area (Å²) in [5.74, 6) is -10.2. The van der Waals surface area contributed by atoms with E-state index in [1.165, 1.54) is 12.8 Å². The van der Waals surface area contributed by atoms with E-state index < -0.39 is 144 Å². The van der Waals surface area contributed by atoms with Crippen LogP contribution in [0.4, 0.5) is 4.79 Å². The molecule has 3 aromatic carbocycles. The van der Waals surface area contributed by atoms with Gasteiger partial charge in [0.25, 0.3) is 0 Å². The molecular formula is C79H119N7O17. The number of carbonyl (C=O) groups excluding carboxylic acids is 12. The molecule has 0 aliphatic heterocycles. The van der Waals surface area contributed by atoms with E-state index in [-0.39, 0.29) is 81.8 Å². The summed E-state index contributed by atoms with van der Waals surface area (Å²) in [6, 6.07) is 16.3. The summed E-state index contributed by atoms with van der Waals surface area (Å²) < 4.78 is 27.9. The molecule has 572 valence electrons. The number of hydrogen-bond donors (Lipinski definition) is 7. The molecule has 0 aromatic heterocycles. The minimum atomic E-state index is -1.72. The van der Waals surface area contributed by atoms with Gasteiger partial charge in [-0.2, -0.15) is 0 Å². The van der Waals surface area contributed by atoms with Crippen LogP contribution < -0.4 is 37.2 Å². The lowest BCUT2D eigenvalue weighted by molar-refractivity contribution is -0.158. The number of esters is 4. The van der Waals surface area contributed by atoms with Crippen molar-refractivity contribution in [2.24, 2.45) is 29.6 Å². The number of nitrogens with one attached hydrogen (secondary N) is 7. The van der Waals surface area contributed by atoms with Crippen LogP contribution in [0.2, 0.25) is 0 Å². The first-order chi connectivity index (χ1) is 48.7. The van der Waals surface area contributed by atoms with Crippen molar-refractivity contribution in [2.75, 3.05) is 6.61 Å². The van der Waals surface area contributed by atoms with Crippen LogP contribution in [0, 0.1) is 29.6 Å². The highest BCUT2D eigenvalue weighted by Gasteiger charge is 2.38. The summed E-state index contributed by atoms with van der Waals surface area (Å²) >= 11 is 0. The molecule has 0 unspecified atom stereocenters. The highest BCUT2D eigenvalue weighted by molar-refractivity contribution is 5.99. The van der Waals surface area contributed by atoms with Gasteiger partial charge in [-0.25, -0.2) is 9.59 Å². The molecule has 0 fully saturated rings. The van der Waals surface area contributed by atoms with Crippen molar-refractivity contribution in [2.45, 2.75) is 280 Å². The van der Waals surface area contributed by atoms with Crippen molar-refractivity contribution < 1.29 is 81.2 Å². The van der Waals surface area contributed by atoms with Gasteiger partial charge in [0.15, 0.2) is 12.4 Å². The second-order valence-electron chi connectivity index (χ2n) is 29.6. The van der Waals surface area contributed by atoms with Crippen molar-refractivity contribution >= 4 is 71.2 Å². The summed E-state index contributed by atoms with van der Waals surface area (Å²) in [5, 5.41) is 18.9. The van der Waals surface area contributed by atoms with Crippen molar-refractivity contribution in [3.63, 3.8) is 0 Å². The van der Waals surface area contributed by atoms with Crippen molar-refractivity contribution in [3.8, 4) is 0 Å². The van der Waals surface area contributed by atoms with Crippen molar-refractivity contribution in [1.82, 2.24) is 37.2 Å². The third-order valence-corrected chi connectivity index (χ3v) is 16.5. The number of rotatable bonds is 48. The number of ketones is 1. The number of alkyl carbamates (subject to hydrolysis) is 1. The van der Waals surface area contributed by atoms with Gasteiger partial charge in [0.1, 0.15) is 67.2 Å². The Labute approximate surface area is 610 Å². The monoisotopic (exact) mass is 1440 g/mol. The molecule has 24 heteroatoms. The molecular weight excluding hydrogens is 1320 g/mol. The van der Waals surface area contributed by atoms with Crippen LogP contribution >= 0.6 is 0 Å². The normalized spacial score (nSPS) is 13.8. The molecule has 7 amide bonds. The predicted molar refractivity (Wildman–Crippen MR) is 392 cm³/mol. The molecule has 3 aromatic rings. The second-order valence-corrected chi connectivity index (χ2v) is 29.6. The van der Waals surface area contributed by atoms with E-state index in [4.69, 9.17) is 23.7 Å². The number of unbranched alkanes of at least 4 members (excludes halogenated alkanes) is 8. The fourth-order valence-corrected chi connectivity index (χ4v) is 11.1. The molecule has 0 aliphatic rings. The van der Waals surface area contributed by atoms with Gasteiger partial charge in [-0.05, 0) is 106 Å². The molecule has 24 nitrogen and oxygen atoms in total. The maximum absolute atomic E-state index is 14.8. The molecule has 0 heterocycles. The van der Waals surface area contributed by atoms with E-state index in [0.717, 1.165) is 44.1 Å². The Morgan fingerprint density at radius 2 is 0.796 bits per heavy atom. The Morgan fingerprint density at radius 1 is 0.398 bits per heavy atom. The average molecular weight is 1440 g/mol. The number of hydrogen-bond acceptors (Lipinski definition) is 17. The Balaban J connectivity index is 1.93. The van der Waals surface area contributed by atoms with Gasteiger partial charge >= 0.3 is 30.0 Å². The van der Waals surface area contributed by atoms with Crippen LogP contribution in [-0.4, -0.2) is 132 Å².